The summed E-state index contributed by atoms with van der Waals surface area (Å²) in [4.78, 5) is 36.0. The van der Waals surface area contributed by atoms with Crippen LogP contribution in [0.4, 0.5) is 5.82 Å². The van der Waals surface area contributed by atoms with Crippen molar-refractivity contribution < 1.29 is 9.59 Å². The molecule has 1 fully saturated rings. The van der Waals surface area contributed by atoms with Gasteiger partial charge in [0, 0.05) is 54.4 Å². The van der Waals surface area contributed by atoms with E-state index >= 15 is 0 Å². The highest BCUT2D eigenvalue weighted by Gasteiger charge is 2.19. The summed E-state index contributed by atoms with van der Waals surface area (Å²) < 4.78 is 0. The summed E-state index contributed by atoms with van der Waals surface area (Å²) in [5.41, 5.74) is 0.460. The van der Waals surface area contributed by atoms with E-state index in [1.165, 1.54) is 4.90 Å². The number of nitrogens with zero attached hydrogens (tertiary/aromatic N) is 5. The molecule has 1 aliphatic heterocycles. The molecule has 0 saturated carbocycles. The van der Waals surface area contributed by atoms with Gasteiger partial charge in [-0.15, -0.1) is 0 Å². The summed E-state index contributed by atoms with van der Waals surface area (Å²) in [6.07, 6.45) is 0.967. The van der Waals surface area contributed by atoms with E-state index in [0.717, 1.165) is 38.4 Å². The predicted octanol–water partition coefficient (Wildman–Crippen LogP) is 0.384. The van der Waals surface area contributed by atoms with Gasteiger partial charge in [0.05, 0.1) is 6.54 Å². The molecule has 24 heavy (non-hydrogen) atoms. The normalized spacial score (nSPS) is 15.8. The number of hydrogen-bond donors (Lipinski definition) is 0. The molecule has 0 spiro atoms. The van der Waals surface area contributed by atoms with E-state index in [0.29, 0.717) is 12.2 Å². The second kappa shape index (κ2) is 8.10. The number of aromatic nitrogens is 1. The summed E-state index contributed by atoms with van der Waals surface area (Å²) >= 11 is 0. The van der Waals surface area contributed by atoms with Crippen LogP contribution in [0.1, 0.15) is 16.9 Å². The topological polar surface area (TPSA) is 60.0 Å². The highest BCUT2D eigenvalue weighted by molar-refractivity contribution is 5.92. The Morgan fingerprint density at radius 2 is 1.79 bits per heavy atom. The van der Waals surface area contributed by atoms with Crippen LogP contribution >= 0.6 is 0 Å². The molecule has 0 atom stereocenters. The fourth-order valence-corrected chi connectivity index (χ4v) is 2.64. The molecule has 0 N–H and O–H groups in total. The van der Waals surface area contributed by atoms with Crippen LogP contribution in [0.5, 0.6) is 0 Å². The predicted molar refractivity (Wildman–Crippen MR) is 94.2 cm³/mol. The van der Waals surface area contributed by atoms with E-state index in [1.807, 2.05) is 12.1 Å². The first-order chi connectivity index (χ1) is 11.4. The maximum absolute atomic E-state index is 12.1. The molecular formula is C17H27N5O2. The van der Waals surface area contributed by atoms with Crippen molar-refractivity contribution in [3.8, 4) is 0 Å². The summed E-state index contributed by atoms with van der Waals surface area (Å²) in [5, 5.41) is 0. The second-order valence-electron chi connectivity index (χ2n) is 6.49. The fourth-order valence-electron chi connectivity index (χ4n) is 2.64. The van der Waals surface area contributed by atoms with Crippen LogP contribution in [-0.2, 0) is 4.79 Å². The Labute approximate surface area is 143 Å². The Balaban J connectivity index is 2.02. The lowest BCUT2D eigenvalue weighted by Gasteiger charge is -2.23. The third-order valence-corrected chi connectivity index (χ3v) is 4.13. The van der Waals surface area contributed by atoms with E-state index in [9.17, 15) is 9.59 Å². The lowest BCUT2D eigenvalue weighted by atomic mass is 10.3. The van der Waals surface area contributed by atoms with E-state index in [4.69, 9.17) is 0 Å². The third kappa shape index (κ3) is 4.67. The van der Waals surface area contributed by atoms with Gasteiger partial charge in [0.2, 0.25) is 5.91 Å². The molecule has 0 bridgehead atoms. The smallest absolute Gasteiger partial charge is 0.272 e. The first-order valence-electron chi connectivity index (χ1n) is 8.24. The molecule has 0 aromatic carbocycles. The number of anilines is 1. The number of pyridine rings is 1. The lowest BCUT2D eigenvalue weighted by molar-refractivity contribution is -0.129. The van der Waals surface area contributed by atoms with Crippen molar-refractivity contribution in [2.24, 2.45) is 0 Å². The van der Waals surface area contributed by atoms with Crippen LogP contribution in [0.2, 0.25) is 0 Å². The standard InChI is InChI=1S/C17H27N5O2/c1-19(2)16(23)13-21-9-6-10-22(12-11-21)15-8-5-7-14(18-15)17(24)20(3)4/h5,7-8H,6,9-13H2,1-4H3. The Bertz CT molecular complexity index is 588. The van der Waals surface area contributed by atoms with Crippen LogP contribution in [0.3, 0.4) is 0 Å². The molecule has 1 aliphatic rings. The SMILES string of the molecule is CN(C)C(=O)CN1CCCN(c2cccc(C(=O)N(C)C)n2)CC1. The van der Waals surface area contributed by atoms with Gasteiger partial charge in [-0.1, -0.05) is 6.07 Å². The van der Waals surface area contributed by atoms with E-state index < -0.39 is 0 Å². The van der Waals surface area contributed by atoms with Gasteiger partial charge in [0.15, 0.2) is 0 Å². The van der Waals surface area contributed by atoms with Crippen LogP contribution in [0.25, 0.3) is 0 Å². The van der Waals surface area contributed by atoms with Crippen LogP contribution in [0, 0.1) is 0 Å². The van der Waals surface area contributed by atoms with Crippen LogP contribution in [0.15, 0.2) is 18.2 Å². The number of rotatable bonds is 4. The number of amides is 2. The zero-order valence-corrected chi connectivity index (χ0v) is 15.0. The monoisotopic (exact) mass is 333 g/mol. The highest BCUT2D eigenvalue weighted by Crippen LogP contribution is 2.15. The Morgan fingerprint density at radius 1 is 1.04 bits per heavy atom. The highest BCUT2D eigenvalue weighted by atomic mass is 16.2. The molecule has 1 aromatic heterocycles. The van der Waals surface area contributed by atoms with Gasteiger partial charge < -0.3 is 14.7 Å². The molecule has 2 heterocycles. The molecule has 2 amide bonds. The van der Waals surface area contributed by atoms with Gasteiger partial charge in [-0.25, -0.2) is 4.98 Å². The van der Waals surface area contributed by atoms with E-state index in [-0.39, 0.29) is 11.8 Å². The quantitative estimate of drug-likeness (QED) is 0.797. The largest absolute Gasteiger partial charge is 0.355 e. The van der Waals surface area contributed by atoms with Crippen molar-refractivity contribution >= 4 is 17.6 Å². The third-order valence-electron chi connectivity index (χ3n) is 4.13. The Hall–Kier alpha value is -2.15. The number of likely N-dealkylation sites (N-methyl/N-ethyl adjacent to an activating group) is 1. The molecule has 2 rings (SSSR count). The molecule has 132 valence electrons. The van der Waals surface area contributed by atoms with Gasteiger partial charge in [0.1, 0.15) is 11.5 Å². The minimum absolute atomic E-state index is 0.0927. The molecule has 7 heteroatoms. The van der Waals surface area contributed by atoms with Crippen molar-refractivity contribution in [1.82, 2.24) is 19.7 Å². The number of carbonyl (C=O) groups excluding carboxylic acids is 2. The fraction of sp³-hybridized carbons (Fsp3) is 0.588. The minimum atomic E-state index is -0.0927. The van der Waals surface area contributed by atoms with Gasteiger partial charge in [-0.2, -0.15) is 0 Å². The minimum Gasteiger partial charge on any atom is -0.355 e. The molecule has 0 radical (unpaired) electrons. The maximum atomic E-state index is 12.1. The van der Waals surface area contributed by atoms with Gasteiger partial charge >= 0.3 is 0 Å². The lowest BCUT2D eigenvalue weighted by Crippen LogP contribution is -2.38. The Morgan fingerprint density at radius 3 is 2.46 bits per heavy atom. The molecule has 0 unspecified atom stereocenters. The second-order valence-corrected chi connectivity index (χ2v) is 6.49. The van der Waals surface area contributed by atoms with Crippen LogP contribution < -0.4 is 4.90 Å². The molecule has 1 aromatic rings. The number of carbonyl (C=O) groups is 2. The van der Waals surface area contributed by atoms with Crippen molar-refractivity contribution in [3.05, 3.63) is 23.9 Å². The van der Waals surface area contributed by atoms with Crippen molar-refractivity contribution in [3.63, 3.8) is 0 Å². The van der Waals surface area contributed by atoms with Gasteiger partial charge in [-0.05, 0) is 18.6 Å². The summed E-state index contributed by atoms with van der Waals surface area (Å²) in [6, 6.07) is 5.55. The molecule has 1 saturated heterocycles. The molecular weight excluding hydrogens is 306 g/mol. The van der Waals surface area contributed by atoms with E-state index in [2.05, 4.69) is 14.8 Å². The Kier molecular flexibility index (Phi) is 6.14. The zero-order chi connectivity index (χ0) is 17.7. The average Bonchev–Trinajstić information content (AvgIpc) is 2.79. The summed E-state index contributed by atoms with van der Waals surface area (Å²) in [7, 11) is 7.01. The summed E-state index contributed by atoms with van der Waals surface area (Å²) in [5.74, 6) is 0.855. The zero-order valence-electron chi connectivity index (χ0n) is 15.0. The number of hydrogen-bond acceptors (Lipinski definition) is 5. The summed E-state index contributed by atoms with van der Waals surface area (Å²) in [6.45, 7) is 3.83. The van der Waals surface area contributed by atoms with E-state index in [1.54, 1.807) is 39.2 Å². The van der Waals surface area contributed by atoms with Gasteiger partial charge in [-0.3, -0.25) is 14.5 Å². The molecule has 0 aliphatic carbocycles. The first kappa shape index (κ1) is 18.2. The van der Waals surface area contributed by atoms with Crippen molar-refractivity contribution in [2.75, 3.05) is 65.8 Å². The van der Waals surface area contributed by atoms with Gasteiger partial charge in [0.25, 0.3) is 5.91 Å². The van der Waals surface area contributed by atoms with Crippen molar-refractivity contribution in [2.45, 2.75) is 6.42 Å². The maximum Gasteiger partial charge on any atom is 0.272 e. The van der Waals surface area contributed by atoms with Crippen LogP contribution in [-0.4, -0.2) is 92.4 Å². The van der Waals surface area contributed by atoms with Crippen molar-refractivity contribution in [1.29, 1.82) is 0 Å². The molecule has 7 nitrogen and oxygen atoms in total. The first-order valence-corrected chi connectivity index (χ1v) is 8.24. The average molecular weight is 333 g/mol.